The maximum Gasteiger partial charge on any atom is 0.410 e. The molecule has 0 aliphatic carbocycles. The lowest BCUT2D eigenvalue weighted by Gasteiger charge is -2.42. The van der Waals surface area contributed by atoms with E-state index in [9.17, 15) is 29.1 Å². The molecule has 3 amide bonds. The number of hydrogen-bond donors (Lipinski definition) is 2. The summed E-state index contributed by atoms with van der Waals surface area (Å²) in [6.07, 6.45) is 0.839. The maximum absolute atomic E-state index is 14.6. The number of aliphatic carboxylic acids is 1. The average molecular weight is 824 g/mol. The van der Waals surface area contributed by atoms with Crippen LogP contribution < -0.4 is 10.1 Å². The van der Waals surface area contributed by atoms with Crippen LogP contribution in [0.2, 0.25) is 0 Å². The van der Waals surface area contributed by atoms with Gasteiger partial charge in [-0.25, -0.2) is 9.59 Å². The Morgan fingerprint density at radius 1 is 0.789 bits per heavy atom. The van der Waals surface area contributed by atoms with Crippen LogP contribution in [0.3, 0.4) is 0 Å². The molecule has 15 heteroatoms. The molecule has 0 bridgehead atoms. The van der Waals surface area contributed by atoms with Gasteiger partial charge in [-0.1, -0.05) is 78.4 Å². The number of amides is 3. The third-order valence-corrected chi connectivity index (χ3v) is 9.79. The highest BCUT2D eigenvalue weighted by Crippen LogP contribution is 2.33. The van der Waals surface area contributed by atoms with Crippen molar-refractivity contribution in [1.82, 2.24) is 15.1 Å². The molecule has 0 saturated heterocycles. The minimum Gasteiger partial charge on any atom is -0.491 e. The SMILES string of the molecule is CC(=O)SCCOCCOCCOCCOc1ccc(C(C)(C)C(C(=O)NC(C(=O)N(C)C(/C=C(\C)C(=O)O)C(C)C)C(C)(C)C)N(C)C(=O)OC(C)(C)C)cc1. The van der Waals surface area contributed by atoms with E-state index in [0.29, 0.717) is 57.8 Å². The minimum atomic E-state index is -1.13. The molecule has 0 spiro atoms. The second kappa shape index (κ2) is 23.7. The van der Waals surface area contributed by atoms with Crippen LogP contribution in [-0.2, 0) is 43.5 Å². The lowest BCUT2D eigenvalue weighted by atomic mass is 9.76. The molecule has 324 valence electrons. The van der Waals surface area contributed by atoms with E-state index in [4.69, 9.17) is 23.7 Å². The molecule has 14 nitrogen and oxygen atoms in total. The normalized spacial score (nSPS) is 14.1. The molecule has 0 aliphatic heterocycles. The van der Waals surface area contributed by atoms with E-state index in [-0.39, 0.29) is 16.6 Å². The number of carboxylic acids is 1. The number of benzene rings is 1. The molecule has 3 unspecified atom stereocenters. The van der Waals surface area contributed by atoms with Crippen molar-refractivity contribution in [3.8, 4) is 5.75 Å². The summed E-state index contributed by atoms with van der Waals surface area (Å²) in [7, 11) is 3.10. The van der Waals surface area contributed by atoms with Gasteiger partial charge in [-0.3, -0.25) is 19.3 Å². The monoisotopic (exact) mass is 823 g/mol. The number of rotatable bonds is 23. The molecule has 1 aromatic rings. The van der Waals surface area contributed by atoms with Crippen molar-refractivity contribution in [2.75, 3.05) is 66.1 Å². The number of carbonyl (C=O) groups is 5. The van der Waals surface area contributed by atoms with E-state index < -0.39 is 58.4 Å². The fraction of sp³-hybridized carbons (Fsp3) is 0.690. The Bertz CT molecular complexity index is 1480. The quantitative estimate of drug-likeness (QED) is 0.0984. The number of hydrogen-bond acceptors (Lipinski definition) is 11. The largest absolute Gasteiger partial charge is 0.491 e. The number of carboxylic acid groups (broad SMARTS) is 1. The van der Waals surface area contributed by atoms with Crippen molar-refractivity contribution in [3.05, 3.63) is 41.5 Å². The van der Waals surface area contributed by atoms with E-state index in [1.54, 1.807) is 46.0 Å². The second-order valence-corrected chi connectivity index (χ2v) is 18.2. The first kappa shape index (κ1) is 51.4. The van der Waals surface area contributed by atoms with Gasteiger partial charge in [0, 0.05) is 37.8 Å². The van der Waals surface area contributed by atoms with Gasteiger partial charge in [-0.15, -0.1) is 0 Å². The van der Waals surface area contributed by atoms with E-state index in [0.717, 1.165) is 5.56 Å². The van der Waals surface area contributed by atoms with E-state index in [2.05, 4.69) is 5.32 Å². The van der Waals surface area contributed by atoms with Crippen molar-refractivity contribution in [2.24, 2.45) is 11.3 Å². The van der Waals surface area contributed by atoms with E-state index >= 15 is 0 Å². The summed E-state index contributed by atoms with van der Waals surface area (Å²) in [5, 5.41) is 12.6. The van der Waals surface area contributed by atoms with E-state index in [1.165, 1.54) is 42.5 Å². The van der Waals surface area contributed by atoms with Gasteiger partial charge >= 0.3 is 12.1 Å². The fourth-order valence-electron chi connectivity index (χ4n) is 5.87. The first-order chi connectivity index (χ1) is 26.3. The van der Waals surface area contributed by atoms with E-state index in [1.807, 2.05) is 60.6 Å². The number of nitrogens with zero attached hydrogens (tertiary/aromatic N) is 2. The zero-order valence-corrected chi connectivity index (χ0v) is 37.5. The predicted molar refractivity (Wildman–Crippen MR) is 223 cm³/mol. The highest BCUT2D eigenvalue weighted by atomic mass is 32.2. The molecule has 3 atom stereocenters. The van der Waals surface area contributed by atoms with Gasteiger partial charge in [0.25, 0.3) is 0 Å². The Hall–Kier alpha value is -3.66. The van der Waals surface area contributed by atoms with Gasteiger partial charge in [0.05, 0.1) is 45.7 Å². The zero-order chi connectivity index (χ0) is 43.7. The molecule has 2 N–H and O–H groups in total. The Balaban J connectivity index is 3.16. The van der Waals surface area contributed by atoms with Gasteiger partial charge in [0.2, 0.25) is 11.8 Å². The standard InChI is InChI=1S/C42H69N3O11S/c1-28(2)33(27-29(3)38(49)50)44(13)37(48)34(40(5,6)7)43-36(47)35(45(14)39(51)56-41(8,9)10)42(11,12)31-15-17-32(18-16-31)55-24-23-53-20-19-52-21-22-54-25-26-57-30(4)46/h15-18,27-28,33-35H,19-26H2,1-14H3,(H,43,47)(H,49,50)/b29-27+. The highest BCUT2D eigenvalue weighted by Gasteiger charge is 2.46. The maximum atomic E-state index is 14.6. The van der Waals surface area contributed by atoms with Crippen molar-refractivity contribution < 1.29 is 52.8 Å². The molecule has 0 aromatic heterocycles. The van der Waals surface area contributed by atoms with Crippen LogP contribution in [0.15, 0.2) is 35.9 Å². The van der Waals surface area contributed by atoms with Gasteiger partial charge in [-0.2, -0.15) is 0 Å². The molecule has 0 saturated carbocycles. The van der Waals surface area contributed by atoms with Crippen LogP contribution in [0.4, 0.5) is 4.79 Å². The number of nitrogens with one attached hydrogen (secondary N) is 1. The molecule has 0 heterocycles. The van der Waals surface area contributed by atoms with Crippen molar-refractivity contribution in [1.29, 1.82) is 0 Å². The molecule has 0 radical (unpaired) electrons. The summed E-state index contributed by atoms with van der Waals surface area (Å²) in [5.41, 5.74) is -1.78. The second-order valence-electron chi connectivity index (χ2n) is 16.9. The van der Waals surface area contributed by atoms with Crippen LogP contribution in [0.5, 0.6) is 5.75 Å². The molecule has 1 rings (SSSR count). The first-order valence-electron chi connectivity index (χ1n) is 19.4. The van der Waals surface area contributed by atoms with Crippen molar-refractivity contribution in [2.45, 2.75) is 112 Å². The molecule has 1 aromatic carbocycles. The Kier molecular flexibility index (Phi) is 21.3. The summed E-state index contributed by atoms with van der Waals surface area (Å²) in [6.45, 7) is 24.0. The molecular weight excluding hydrogens is 755 g/mol. The van der Waals surface area contributed by atoms with Gasteiger partial charge in [0.1, 0.15) is 30.0 Å². The molecule has 0 aliphatic rings. The fourth-order valence-corrected chi connectivity index (χ4v) is 6.36. The van der Waals surface area contributed by atoms with Crippen LogP contribution in [0.1, 0.15) is 88.6 Å². The van der Waals surface area contributed by atoms with Gasteiger partial charge in [-0.05, 0) is 56.7 Å². The highest BCUT2D eigenvalue weighted by molar-refractivity contribution is 8.13. The number of thioether (sulfide) groups is 1. The lowest BCUT2D eigenvalue weighted by Crippen LogP contribution is -2.63. The van der Waals surface area contributed by atoms with Gasteiger partial charge in [0.15, 0.2) is 5.12 Å². The average Bonchev–Trinajstić information content (AvgIpc) is 3.09. The zero-order valence-electron chi connectivity index (χ0n) is 36.7. The number of likely N-dealkylation sites (N-methyl/N-ethyl adjacent to an activating group) is 2. The molecule has 57 heavy (non-hydrogen) atoms. The van der Waals surface area contributed by atoms with Crippen molar-refractivity contribution in [3.63, 3.8) is 0 Å². The Labute approximate surface area is 344 Å². The topological polar surface area (TPSA) is 170 Å². The van der Waals surface area contributed by atoms with Crippen LogP contribution in [-0.4, -0.2) is 134 Å². The third kappa shape index (κ3) is 18.2. The van der Waals surface area contributed by atoms with Crippen LogP contribution >= 0.6 is 11.8 Å². The van der Waals surface area contributed by atoms with Crippen LogP contribution in [0, 0.1) is 11.3 Å². The summed E-state index contributed by atoms with van der Waals surface area (Å²) in [4.78, 5) is 67.6. The molecular formula is C42H69N3O11S. The Morgan fingerprint density at radius 2 is 1.30 bits per heavy atom. The summed E-state index contributed by atoms with van der Waals surface area (Å²) in [6, 6.07) is 4.51. The predicted octanol–water partition coefficient (Wildman–Crippen LogP) is 5.95. The van der Waals surface area contributed by atoms with Crippen LogP contribution in [0.25, 0.3) is 0 Å². The summed E-state index contributed by atoms with van der Waals surface area (Å²) < 4.78 is 28.1. The summed E-state index contributed by atoms with van der Waals surface area (Å²) in [5.74, 6) is -0.961. The lowest BCUT2D eigenvalue weighted by molar-refractivity contribution is -0.142. The van der Waals surface area contributed by atoms with Gasteiger partial charge < -0.3 is 39.0 Å². The minimum absolute atomic E-state index is 0.0702. The third-order valence-electron chi connectivity index (χ3n) is 9.01. The number of carbonyl (C=O) groups excluding carboxylic acids is 4. The first-order valence-corrected chi connectivity index (χ1v) is 20.3. The summed E-state index contributed by atoms with van der Waals surface area (Å²) >= 11 is 1.23. The van der Waals surface area contributed by atoms with Crippen molar-refractivity contribution >= 4 is 40.8 Å². The number of ether oxygens (including phenoxy) is 5. The Morgan fingerprint density at radius 3 is 1.75 bits per heavy atom. The smallest absolute Gasteiger partial charge is 0.410 e. The molecule has 0 fully saturated rings.